The van der Waals surface area contributed by atoms with Crippen LogP contribution in [0.25, 0.3) is 5.57 Å². The number of aryl methyl sites for hydroxylation is 2. The number of hydrogen-bond donors (Lipinski definition) is 0. The predicted octanol–water partition coefficient (Wildman–Crippen LogP) is 6.69. The van der Waals surface area contributed by atoms with E-state index in [1.165, 1.54) is 16.7 Å². The number of halogens is 2. The Hall–Kier alpha value is -2.53. The standard InChI is InChI=1S/C24H17Cl2NO2S/c1-14-6-11-20(15(2)12-14)21-22(30-19-9-7-16(25)8-10-19)24(29)27(23(21)28)18-5-3-4-17(26)13-18/h3-13H,1-2H3. The zero-order valence-electron chi connectivity index (χ0n) is 16.3. The molecule has 1 aliphatic rings. The molecule has 1 heterocycles. The highest BCUT2D eigenvalue weighted by atomic mass is 35.5. The van der Waals surface area contributed by atoms with Gasteiger partial charge in [0.2, 0.25) is 0 Å². The van der Waals surface area contributed by atoms with Gasteiger partial charge >= 0.3 is 0 Å². The van der Waals surface area contributed by atoms with Gasteiger partial charge in [-0.2, -0.15) is 0 Å². The Morgan fingerprint density at radius 1 is 0.800 bits per heavy atom. The van der Waals surface area contributed by atoms with E-state index in [1.54, 1.807) is 36.4 Å². The molecule has 3 aromatic rings. The number of nitrogens with zero attached hydrogens (tertiary/aromatic N) is 1. The summed E-state index contributed by atoms with van der Waals surface area (Å²) in [6, 6.07) is 19.8. The molecule has 4 rings (SSSR count). The molecule has 0 unspecified atom stereocenters. The third-order valence-electron chi connectivity index (χ3n) is 4.79. The highest BCUT2D eigenvalue weighted by molar-refractivity contribution is 8.04. The summed E-state index contributed by atoms with van der Waals surface area (Å²) in [4.78, 5) is 29.3. The Labute approximate surface area is 189 Å². The maximum atomic E-state index is 13.5. The van der Waals surface area contributed by atoms with E-state index in [4.69, 9.17) is 23.2 Å². The molecule has 0 radical (unpaired) electrons. The lowest BCUT2D eigenvalue weighted by Gasteiger charge is -2.15. The van der Waals surface area contributed by atoms with Crippen molar-refractivity contribution in [3.05, 3.63) is 98.4 Å². The minimum absolute atomic E-state index is 0.356. The summed E-state index contributed by atoms with van der Waals surface area (Å²) in [6.45, 7) is 3.94. The van der Waals surface area contributed by atoms with E-state index in [1.807, 2.05) is 44.2 Å². The first-order valence-corrected chi connectivity index (χ1v) is 10.8. The highest BCUT2D eigenvalue weighted by Crippen LogP contribution is 2.42. The molecule has 0 fully saturated rings. The highest BCUT2D eigenvalue weighted by Gasteiger charge is 2.41. The van der Waals surface area contributed by atoms with Crippen LogP contribution in [0.2, 0.25) is 10.0 Å². The molecule has 1 aliphatic heterocycles. The normalized spacial score (nSPS) is 14.1. The Bertz CT molecular complexity index is 1200. The van der Waals surface area contributed by atoms with E-state index in [0.29, 0.717) is 26.2 Å². The van der Waals surface area contributed by atoms with Crippen LogP contribution < -0.4 is 4.90 Å². The summed E-state index contributed by atoms with van der Waals surface area (Å²) in [5.74, 6) is -0.720. The Morgan fingerprint density at radius 2 is 1.53 bits per heavy atom. The summed E-state index contributed by atoms with van der Waals surface area (Å²) in [5, 5.41) is 1.07. The van der Waals surface area contributed by atoms with Crippen molar-refractivity contribution < 1.29 is 9.59 Å². The Morgan fingerprint density at radius 3 is 2.20 bits per heavy atom. The number of rotatable bonds is 4. The summed E-state index contributed by atoms with van der Waals surface area (Å²) < 4.78 is 0. The maximum absolute atomic E-state index is 13.5. The van der Waals surface area contributed by atoms with Crippen LogP contribution in [0.1, 0.15) is 16.7 Å². The third kappa shape index (κ3) is 3.91. The van der Waals surface area contributed by atoms with Gasteiger partial charge in [0, 0.05) is 14.9 Å². The second-order valence-electron chi connectivity index (χ2n) is 7.00. The fraction of sp³-hybridized carbons (Fsp3) is 0.0833. The Kier molecular flexibility index (Phi) is 5.74. The SMILES string of the molecule is Cc1ccc(C2=C(Sc3ccc(Cl)cc3)C(=O)N(c3cccc(Cl)c3)C2=O)c(C)c1. The summed E-state index contributed by atoms with van der Waals surface area (Å²) in [7, 11) is 0. The van der Waals surface area contributed by atoms with Gasteiger partial charge in [-0.25, -0.2) is 4.90 Å². The van der Waals surface area contributed by atoms with Crippen LogP contribution in [0.15, 0.2) is 76.5 Å². The van der Waals surface area contributed by atoms with Crippen molar-refractivity contribution in [1.29, 1.82) is 0 Å². The lowest BCUT2D eigenvalue weighted by Crippen LogP contribution is -2.31. The quantitative estimate of drug-likeness (QED) is 0.413. The van der Waals surface area contributed by atoms with Gasteiger partial charge in [-0.1, -0.05) is 64.8 Å². The second-order valence-corrected chi connectivity index (χ2v) is 8.96. The van der Waals surface area contributed by atoms with Crippen molar-refractivity contribution in [3.8, 4) is 0 Å². The van der Waals surface area contributed by atoms with E-state index in [9.17, 15) is 9.59 Å². The van der Waals surface area contributed by atoms with Crippen molar-refractivity contribution in [2.24, 2.45) is 0 Å². The number of imide groups is 1. The summed E-state index contributed by atoms with van der Waals surface area (Å²) in [6.07, 6.45) is 0. The van der Waals surface area contributed by atoms with Gasteiger partial charge in [-0.3, -0.25) is 9.59 Å². The molecular formula is C24H17Cl2NO2S. The van der Waals surface area contributed by atoms with E-state index in [-0.39, 0.29) is 11.8 Å². The predicted molar refractivity (Wildman–Crippen MR) is 124 cm³/mol. The molecule has 0 spiro atoms. The van der Waals surface area contributed by atoms with Crippen molar-refractivity contribution >= 4 is 58.0 Å². The van der Waals surface area contributed by atoms with Gasteiger partial charge in [0.15, 0.2) is 0 Å². The number of carbonyl (C=O) groups excluding carboxylic acids is 2. The molecule has 6 heteroatoms. The van der Waals surface area contributed by atoms with E-state index < -0.39 is 0 Å². The van der Waals surface area contributed by atoms with Crippen molar-refractivity contribution in [2.75, 3.05) is 4.90 Å². The zero-order chi connectivity index (χ0) is 21.4. The molecule has 0 aliphatic carbocycles. The number of hydrogen-bond acceptors (Lipinski definition) is 3. The number of carbonyl (C=O) groups is 2. The van der Waals surface area contributed by atoms with Crippen LogP contribution in [0.4, 0.5) is 5.69 Å². The lowest BCUT2D eigenvalue weighted by molar-refractivity contribution is -0.119. The first-order valence-electron chi connectivity index (χ1n) is 9.25. The van der Waals surface area contributed by atoms with Crippen LogP contribution in [-0.2, 0) is 9.59 Å². The fourth-order valence-corrected chi connectivity index (χ4v) is 4.70. The molecule has 0 bridgehead atoms. The number of benzene rings is 3. The Balaban J connectivity index is 1.86. The summed E-state index contributed by atoms with van der Waals surface area (Å²) in [5.41, 5.74) is 3.63. The molecular weight excluding hydrogens is 437 g/mol. The van der Waals surface area contributed by atoms with Crippen LogP contribution in [0, 0.1) is 13.8 Å². The average molecular weight is 454 g/mol. The van der Waals surface area contributed by atoms with Gasteiger partial charge in [0.1, 0.15) is 0 Å². The maximum Gasteiger partial charge on any atom is 0.272 e. The number of anilines is 1. The van der Waals surface area contributed by atoms with Crippen molar-refractivity contribution in [1.82, 2.24) is 0 Å². The first-order chi connectivity index (χ1) is 14.3. The third-order valence-corrected chi connectivity index (χ3v) is 6.37. The van der Waals surface area contributed by atoms with Gasteiger partial charge in [-0.15, -0.1) is 0 Å². The van der Waals surface area contributed by atoms with Gasteiger partial charge < -0.3 is 0 Å². The first kappa shape index (κ1) is 20.7. The van der Waals surface area contributed by atoms with Gasteiger partial charge in [-0.05, 0) is 67.4 Å². The van der Waals surface area contributed by atoms with Crippen LogP contribution in [-0.4, -0.2) is 11.8 Å². The molecule has 0 N–H and O–H groups in total. The number of thioether (sulfide) groups is 1. The molecule has 0 aromatic heterocycles. The molecule has 0 saturated heterocycles. The zero-order valence-corrected chi connectivity index (χ0v) is 18.6. The van der Waals surface area contributed by atoms with Gasteiger partial charge in [0.25, 0.3) is 11.8 Å². The molecule has 3 nitrogen and oxygen atoms in total. The molecule has 150 valence electrons. The van der Waals surface area contributed by atoms with E-state index >= 15 is 0 Å². The molecule has 0 atom stereocenters. The summed E-state index contributed by atoms with van der Waals surface area (Å²) >= 11 is 13.4. The second kappa shape index (κ2) is 8.31. The van der Waals surface area contributed by atoms with Crippen molar-refractivity contribution in [3.63, 3.8) is 0 Å². The largest absolute Gasteiger partial charge is 0.272 e. The van der Waals surface area contributed by atoms with Crippen molar-refractivity contribution in [2.45, 2.75) is 18.7 Å². The average Bonchev–Trinajstić information content (AvgIpc) is 2.94. The minimum Gasteiger partial charge on any atom is -0.268 e. The minimum atomic E-state index is -0.364. The molecule has 0 saturated carbocycles. The number of amides is 2. The lowest BCUT2D eigenvalue weighted by atomic mass is 9.99. The van der Waals surface area contributed by atoms with E-state index in [2.05, 4.69) is 0 Å². The van der Waals surface area contributed by atoms with Crippen LogP contribution >= 0.6 is 35.0 Å². The smallest absolute Gasteiger partial charge is 0.268 e. The van der Waals surface area contributed by atoms with Crippen LogP contribution in [0.3, 0.4) is 0 Å². The van der Waals surface area contributed by atoms with E-state index in [0.717, 1.165) is 21.6 Å². The molecule has 30 heavy (non-hydrogen) atoms. The van der Waals surface area contributed by atoms with Crippen LogP contribution in [0.5, 0.6) is 0 Å². The topological polar surface area (TPSA) is 37.4 Å². The van der Waals surface area contributed by atoms with Gasteiger partial charge in [0.05, 0.1) is 16.2 Å². The fourth-order valence-electron chi connectivity index (χ4n) is 3.41. The monoisotopic (exact) mass is 453 g/mol. The molecule has 3 aromatic carbocycles. The molecule has 2 amide bonds.